The monoisotopic (exact) mass is 475 g/mol. The van der Waals surface area contributed by atoms with Gasteiger partial charge in [0.1, 0.15) is 12.1 Å². The summed E-state index contributed by atoms with van der Waals surface area (Å²) in [5, 5.41) is 2.76. The van der Waals surface area contributed by atoms with Gasteiger partial charge in [-0.1, -0.05) is 51.0 Å². The maximum atomic E-state index is 13.4. The number of hydrogen-bond acceptors (Lipinski definition) is 5. The van der Waals surface area contributed by atoms with E-state index in [2.05, 4.69) is 19.2 Å². The molecule has 2 atom stereocenters. The average molecular weight is 476 g/mol. The van der Waals surface area contributed by atoms with Crippen LogP contribution in [0.2, 0.25) is 0 Å². The van der Waals surface area contributed by atoms with E-state index in [1.165, 1.54) is 0 Å². The second-order valence-electron chi connectivity index (χ2n) is 10.0. The molecule has 1 aromatic carbocycles. The molecule has 33 heavy (non-hydrogen) atoms. The SMILES string of the molecule is CC(C)c1ccc([C@]2(C)NC(=O)N(CC(=O)N(C3CCCC3)[C@@H]3CCS(=O)(=O)C3)C2=O)cc1. The van der Waals surface area contributed by atoms with Crippen LogP contribution in [0.4, 0.5) is 4.79 Å². The van der Waals surface area contributed by atoms with Gasteiger partial charge in [-0.05, 0) is 43.2 Å². The minimum atomic E-state index is -3.17. The summed E-state index contributed by atoms with van der Waals surface area (Å²) in [7, 11) is -3.17. The van der Waals surface area contributed by atoms with E-state index in [4.69, 9.17) is 0 Å². The molecule has 0 radical (unpaired) electrons. The molecule has 0 bridgehead atoms. The van der Waals surface area contributed by atoms with Gasteiger partial charge in [0.15, 0.2) is 9.84 Å². The van der Waals surface area contributed by atoms with E-state index in [0.29, 0.717) is 17.9 Å². The van der Waals surface area contributed by atoms with Crippen molar-refractivity contribution >= 4 is 27.7 Å². The third-order valence-electron chi connectivity index (χ3n) is 7.33. The van der Waals surface area contributed by atoms with E-state index in [0.717, 1.165) is 36.1 Å². The average Bonchev–Trinajstić information content (AvgIpc) is 3.45. The number of rotatable bonds is 6. The van der Waals surface area contributed by atoms with Gasteiger partial charge in [-0.25, -0.2) is 13.2 Å². The van der Waals surface area contributed by atoms with Crippen LogP contribution in [0.15, 0.2) is 24.3 Å². The molecular weight excluding hydrogens is 442 g/mol. The summed E-state index contributed by atoms with van der Waals surface area (Å²) in [5.74, 6) is -0.455. The molecule has 2 aliphatic heterocycles. The van der Waals surface area contributed by atoms with Crippen LogP contribution in [-0.2, 0) is 25.0 Å². The van der Waals surface area contributed by atoms with Gasteiger partial charge < -0.3 is 10.2 Å². The van der Waals surface area contributed by atoms with Crippen molar-refractivity contribution in [2.24, 2.45) is 0 Å². The van der Waals surface area contributed by atoms with E-state index >= 15 is 0 Å². The third-order valence-corrected chi connectivity index (χ3v) is 9.08. The van der Waals surface area contributed by atoms with Crippen molar-refractivity contribution in [2.75, 3.05) is 18.1 Å². The lowest BCUT2D eigenvalue weighted by atomic mass is 9.90. The van der Waals surface area contributed by atoms with Gasteiger partial charge in [-0.2, -0.15) is 0 Å². The van der Waals surface area contributed by atoms with Crippen LogP contribution in [0.25, 0.3) is 0 Å². The van der Waals surface area contributed by atoms with Gasteiger partial charge in [0.2, 0.25) is 5.91 Å². The Hall–Kier alpha value is -2.42. The second kappa shape index (κ2) is 8.74. The largest absolute Gasteiger partial charge is 0.334 e. The summed E-state index contributed by atoms with van der Waals surface area (Å²) in [4.78, 5) is 42.2. The fourth-order valence-electron chi connectivity index (χ4n) is 5.34. The standard InChI is InChI=1S/C24H33N3O5S/c1-16(2)17-8-10-18(11-9-17)24(3)22(29)26(23(30)25-24)14-21(28)27(19-6-4-5-7-19)20-12-13-33(31,32)15-20/h8-11,16,19-20H,4-7,12-15H2,1-3H3,(H,25,30)/t20-,24+/m1/s1. The van der Waals surface area contributed by atoms with Crippen LogP contribution in [0.3, 0.4) is 0 Å². The van der Waals surface area contributed by atoms with Crippen LogP contribution in [0.1, 0.15) is 69.9 Å². The van der Waals surface area contributed by atoms with Crippen molar-refractivity contribution in [1.82, 2.24) is 15.1 Å². The van der Waals surface area contributed by atoms with Gasteiger partial charge in [0, 0.05) is 12.1 Å². The summed E-state index contributed by atoms with van der Waals surface area (Å²) < 4.78 is 24.1. The predicted octanol–water partition coefficient (Wildman–Crippen LogP) is 2.54. The molecule has 1 aliphatic carbocycles. The Morgan fingerprint density at radius 3 is 2.30 bits per heavy atom. The molecule has 2 saturated heterocycles. The highest BCUT2D eigenvalue weighted by Crippen LogP contribution is 2.32. The van der Waals surface area contributed by atoms with E-state index in [1.807, 2.05) is 24.3 Å². The topological polar surface area (TPSA) is 104 Å². The molecule has 180 valence electrons. The Kier molecular flexibility index (Phi) is 6.28. The van der Waals surface area contributed by atoms with Gasteiger partial charge >= 0.3 is 6.03 Å². The number of sulfone groups is 1. The molecule has 3 aliphatic rings. The molecule has 0 spiro atoms. The van der Waals surface area contributed by atoms with Crippen LogP contribution in [0, 0.1) is 0 Å². The first-order valence-electron chi connectivity index (χ1n) is 11.8. The lowest BCUT2D eigenvalue weighted by Gasteiger charge is -2.35. The summed E-state index contributed by atoms with van der Waals surface area (Å²) in [5.41, 5.74) is 0.543. The smallest absolute Gasteiger partial charge is 0.325 e. The van der Waals surface area contributed by atoms with Crippen LogP contribution in [0.5, 0.6) is 0 Å². The van der Waals surface area contributed by atoms with E-state index < -0.39 is 27.3 Å². The molecule has 3 fully saturated rings. The molecule has 4 rings (SSSR count). The first kappa shape index (κ1) is 23.7. The fourth-order valence-corrected chi connectivity index (χ4v) is 7.05. The Labute approximate surface area is 195 Å². The summed E-state index contributed by atoms with van der Waals surface area (Å²) >= 11 is 0. The van der Waals surface area contributed by atoms with E-state index in [-0.39, 0.29) is 36.0 Å². The van der Waals surface area contributed by atoms with Crippen molar-refractivity contribution in [3.63, 3.8) is 0 Å². The highest BCUT2D eigenvalue weighted by Gasteiger charge is 2.50. The van der Waals surface area contributed by atoms with E-state index in [9.17, 15) is 22.8 Å². The van der Waals surface area contributed by atoms with Crippen molar-refractivity contribution < 1.29 is 22.8 Å². The highest BCUT2D eigenvalue weighted by molar-refractivity contribution is 7.91. The number of amides is 4. The predicted molar refractivity (Wildman–Crippen MR) is 124 cm³/mol. The number of carbonyl (C=O) groups excluding carboxylic acids is 3. The number of hydrogen-bond donors (Lipinski definition) is 1. The van der Waals surface area contributed by atoms with Crippen molar-refractivity contribution in [3.05, 3.63) is 35.4 Å². The zero-order chi connectivity index (χ0) is 24.0. The molecule has 4 amide bonds. The number of carbonyl (C=O) groups is 3. The Bertz CT molecular complexity index is 1050. The summed E-state index contributed by atoms with van der Waals surface area (Å²) in [6, 6.07) is 6.55. The van der Waals surface area contributed by atoms with Crippen LogP contribution in [-0.4, -0.2) is 66.2 Å². The van der Waals surface area contributed by atoms with Crippen LogP contribution >= 0.6 is 0 Å². The summed E-state index contributed by atoms with van der Waals surface area (Å²) in [6.07, 6.45) is 4.03. The van der Waals surface area contributed by atoms with Gasteiger partial charge in [0.05, 0.1) is 11.5 Å². The molecule has 1 saturated carbocycles. The normalized spacial score (nSPS) is 27.4. The first-order chi connectivity index (χ1) is 15.5. The number of nitrogens with one attached hydrogen (secondary N) is 1. The number of benzene rings is 1. The molecular formula is C24H33N3O5S. The minimum Gasteiger partial charge on any atom is -0.334 e. The number of urea groups is 1. The third kappa shape index (κ3) is 4.52. The quantitative estimate of drug-likeness (QED) is 0.637. The summed E-state index contributed by atoms with van der Waals surface area (Å²) in [6.45, 7) is 5.44. The van der Waals surface area contributed by atoms with Gasteiger partial charge in [0.25, 0.3) is 5.91 Å². The second-order valence-corrected chi connectivity index (χ2v) is 12.2. The molecule has 0 aromatic heterocycles. The molecule has 1 N–H and O–H groups in total. The van der Waals surface area contributed by atoms with Crippen LogP contribution < -0.4 is 5.32 Å². The Morgan fingerprint density at radius 1 is 1.12 bits per heavy atom. The molecule has 8 nitrogen and oxygen atoms in total. The molecule has 9 heteroatoms. The lowest BCUT2D eigenvalue weighted by Crippen LogP contribution is -2.51. The maximum Gasteiger partial charge on any atom is 0.325 e. The molecule has 0 unspecified atom stereocenters. The van der Waals surface area contributed by atoms with Gasteiger partial charge in [-0.15, -0.1) is 0 Å². The Balaban J connectivity index is 1.54. The first-order valence-corrected chi connectivity index (χ1v) is 13.6. The van der Waals surface area contributed by atoms with Gasteiger partial charge in [-0.3, -0.25) is 14.5 Å². The zero-order valence-corrected chi connectivity index (χ0v) is 20.4. The fraction of sp³-hybridized carbons (Fsp3) is 0.625. The van der Waals surface area contributed by atoms with Crippen molar-refractivity contribution in [3.8, 4) is 0 Å². The van der Waals surface area contributed by atoms with Crippen molar-refractivity contribution in [2.45, 2.75) is 76.4 Å². The Morgan fingerprint density at radius 2 is 1.76 bits per heavy atom. The number of imide groups is 1. The molecule has 1 aromatic rings. The maximum absolute atomic E-state index is 13.4. The lowest BCUT2D eigenvalue weighted by molar-refractivity contribution is -0.141. The van der Waals surface area contributed by atoms with Crippen molar-refractivity contribution in [1.29, 1.82) is 0 Å². The molecule has 2 heterocycles. The number of nitrogens with zero attached hydrogens (tertiary/aromatic N) is 2. The zero-order valence-electron chi connectivity index (χ0n) is 19.5. The minimum absolute atomic E-state index is 0.0356. The highest BCUT2D eigenvalue weighted by atomic mass is 32.2. The van der Waals surface area contributed by atoms with E-state index in [1.54, 1.807) is 11.8 Å².